The van der Waals surface area contributed by atoms with Crippen LogP contribution >= 0.6 is 0 Å². The molecule has 0 aliphatic carbocycles. The summed E-state index contributed by atoms with van der Waals surface area (Å²) in [6.07, 6.45) is 0. The second-order valence-corrected chi connectivity index (χ2v) is 2.31. The summed E-state index contributed by atoms with van der Waals surface area (Å²) in [6, 6.07) is 3.25. The molecule has 0 bridgehead atoms. The van der Waals surface area contributed by atoms with Crippen LogP contribution in [0.4, 0.5) is 0 Å². The Morgan fingerprint density at radius 1 is 1.25 bits per heavy atom. The Kier molecular flexibility index (Phi) is 3.01. The Morgan fingerprint density at radius 2 is 1.75 bits per heavy atom. The van der Waals surface area contributed by atoms with Crippen LogP contribution in [-0.2, 0) is 13.2 Å². The van der Waals surface area contributed by atoms with Gasteiger partial charge in [0.2, 0.25) is 0 Å². The summed E-state index contributed by atoms with van der Waals surface area (Å²) in [5, 5.41) is 17.6. The molecule has 0 aromatic carbocycles. The fourth-order valence-electron chi connectivity index (χ4n) is 0.899. The minimum atomic E-state index is -0.149. The number of aliphatic hydroxyl groups excluding tert-OH is 2. The number of hydrogen-bond donors (Lipinski definition) is 2. The van der Waals surface area contributed by atoms with Crippen LogP contribution in [0.3, 0.4) is 0 Å². The number of rotatable bonds is 3. The zero-order chi connectivity index (χ0) is 8.97. The summed E-state index contributed by atoms with van der Waals surface area (Å²) in [4.78, 5) is 3.94. The molecule has 2 N–H and O–H groups in total. The maximum atomic E-state index is 8.78. The summed E-state index contributed by atoms with van der Waals surface area (Å²) in [7, 11) is 1.53. The van der Waals surface area contributed by atoms with E-state index in [1.54, 1.807) is 12.1 Å². The third-order valence-corrected chi connectivity index (χ3v) is 1.46. The quantitative estimate of drug-likeness (QED) is 0.672. The van der Waals surface area contributed by atoms with Gasteiger partial charge in [-0.15, -0.1) is 0 Å². The van der Waals surface area contributed by atoms with Crippen LogP contribution in [-0.4, -0.2) is 22.3 Å². The molecule has 0 unspecified atom stereocenters. The van der Waals surface area contributed by atoms with E-state index in [1.165, 1.54) is 7.11 Å². The Morgan fingerprint density at radius 3 is 2.08 bits per heavy atom. The van der Waals surface area contributed by atoms with Crippen LogP contribution in [0.5, 0.6) is 5.75 Å². The summed E-state index contributed by atoms with van der Waals surface area (Å²) in [6.45, 7) is -0.297. The van der Waals surface area contributed by atoms with Crippen molar-refractivity contribution in [1.29, 1.82) is 0 Å². The van der Waals surface area contributed by atoms with E-state index < -0.39 is 0 Å². The molecule has 0 atom stereocenters. The number of aliphatic hydroxyl groups is 2. The number of pyridine rings is 1. The van der Waals surface area contributed by atoms with Gasteiger partial charge in [0.05, 0.1) is 31.7 Å². The molecule has 1 aromatic rings. The highest BCUT2D eigenvalue weighted by atomic mass is 16.5. The van der Waals surface area contributed by atoms with Gasteiger partial charge in [-0.1, -0.05) is 0 Å². The molecule has 4 nitrogen and oxygen atoms in total. The molecule has 1 aromatic heterocycles. The van der Waals surface area contributed by atoms with Gasteiger partial charge in [-0.3, -0.25) is 4.98 Å². The fourth-order valence-corrected chi connectivity index (χ4v) is 0.899. The summed E-state index contributed by atoms with van der Waals surface area (Å²) in [5.41, 5.74) is 0.997. The van der Waals surface area contributed by atoms with Crippen LogP contribution < -0.4 is 4.74 Å². The first-order valence-electron chi connectivity index (χ1n) is 3.55. The number of methoxy groups -OCH3 is 1. The predicted molar refractivity (Wildman–Crippen MR) is 42.6 cm³/mol. The minimum Gasteiger partial charge on any atom is -0.497 e. The first-order valence-corrected chi connectivity index (χ1v) is 3.55. The smallest absolute Gasteiger partial charge is 0.122 e. The van der Waals surface area contributed by atoms with Crippen molar-refractivity contribution in [2.45, 2.75) is 13.2 Å². The van der Waals surface area contributed by atoms with E-state index in [1.807, 2.05) is 0 Å². The Bertz CT molecular complexity index is 207. The van der Waals surface area contributed by atoms with Gasteiger partial charge in [0.15, 0.2) is 0 Å². The van der Waals surface area contributed by atoms with Crippen LogP contribution in [0.2, 0.25) is 0 Å². The number of aromatic nitrogens is 1. The van der Waals surface area contributed by atoms with Crippen molar-refractivity contribution in [2.24, 2.45) is 0 Å². The SMILES string of the molecule is COc1cc(CO)nc(CO)c1. The van der Waals surface area contributed by atoms with Gasteiger partial charge < -0.3 is 14.9 Å². The van der Waals surface area contributed by atoms with E-state index in [0.717, 1.165) is 0 Å². The van der Waals surface area contributed by atoms with Crippen LogP contribution in [0.15, 0.2) is 12.1 Å². The number of hydrogen-bond acceptors (Lipinski definition) is 4. The van der Waals surface area contributed by atoms with Crippen molar-refractivity contribution in [2.75, 3.05) is 7.11 Å². The van der Waals surface area contributed by atoms with E-state index in [2.05, 4.69) is 4.98 Å². The van der Waals surface area contributed by atoms with Crippen LogP contribution in [0.1, 0.15) is 11.4 Å². The third kappa shape index (κ3) is 1.93. The van der Waals surface area contributed by atoms with Gasteiger partial charge in [0.1, 0.15) is 5.75 Å². The zero-order valence-corrected chi connectivity index (χ0v) is 6.82. The summed E-state index contributed by atoms with van der Waals surface area (Å²) < 4.78 is 4.94. The maximum absolute atomic E-state index is 8.78. The van der Waals surface area contributed by atoms with E-state index in [9.17, 15) is 0 Å². The molecule has 4 heteroatoms. The molecule has 0 radical (unpaired) electrons. The monoisotopic (exact) mass is 169 g/mol. The van der Waals surface area contributed by atoms with Gasteiger partial charge in [0, 0.05) is 12.1 Å². The molecule has 0 amide bonds. The largest absolute Gasteiger partial charge is 0.497 e. The summed E-state index contributed by atoms with van der Waals surface area (Å²) >= 11 is 0. The zero-order valence-electron chi connectivity index (χ0n) is 6.82. The first kappa shape index (κ1) is 8.96. The molecular weight excluding hydrogens is 158 g/mol. The molecule has 1 rings (SSSR count). The lowest BCUT2D eigenvalue weighted by atomic mass is 10.3. The number of nitrogens with zero attached hydrogens (tertiary/aromatic N) is 1. The first-order chi connectivity index (χ1) is 5.80. The van der Waals surface area contributed by atoms with Crippen molar-refractivity contribution in [3.05, 3.63) is 23.5 Å². The van der Waals surface area contributed by atoms with Crippen molar-refractivity contribution < 1.29 is 14.9 Å². The molecule has 0 fully saturated rings. The summed E-state index contributed by atoms with van der Waals surface area (Å²) in [5.74, 6) is 0.595. The molecule has 66 valence electrons. The van der Waals surface area contributed by atoms with Gasteiger partial charge >= 0.3 is 0 Å². The fraction of sp³-hybridized carbons (Fsp3) is 0.375. The third-order valence-electron chi connectivity index (χ3n) is 1.46. The van der Waals surface area contributed by atoms with E-state index in [4.69, 9.17) is 14.9 Å². The molecule has 0 saturated heterocycles. The van der Waals surface area contributed by atoms with Gasteiger partial charge in [-0.05, 0) is 0 Å². The molecule has 0 spiro atoms. The average Bonchev–Trinajstić information content (AvgIpc) is 2.16. The molecule has 0 aliphatic heterocycles. The minimum absolute atomic E-state index is 0.149. The van der Waals surface area contributed by atoms with E-state index in [-0.39, 0.29) is 13.2 Å². The second kappa shape index (κ2) is 4.04. The standard InChI is InChI=1S/C8H11NO3/c1-12-8-2-6(4-10)9-7(3-8)5-11/h2-3,10-11H,4-5H2,1H3. The van der Waals surface area contributed by atoms with Crippen LogP contribution in [0, 0.1) is 0 Å². The van der Waals surface area contributed by atoms with Crippen molar-refractivity contribution in [3.8, 4) is 5.75 Å². The Labute approximate surface area is 70.4 Å². The van der Waals surface area contributed by atoms with Gasteiger partial charge in [0.25, 0.3) is 0 Å². The van der Waals surface area contributed by atoms with Crippen molar-refractivity contribution in [1.82, 2.24) is 4.98 Å². The predicted octanol–water partition coefficient (Wildman–Crippen LogP) is 0.0748. The highest BCUT2D eigenvalue weighted by molar-refractivity contribution is 5.26. The lowest BCUT2D eigenvalue weighted by molar-refractivity contribution is 0.264. The number of ether oxygens (including phenoxy) is 1. The van der Waals surface area contributed by atoms with Crippen LogP contribution in [0.25, 0.3) is 0 Å². The maximum Gasteiger partial charge on any atom is 0.122 e. The van der Waals surface area contributed by atoms with Gasteiger partial charge in [-0.25, -0.2) is 0 Å². The molecular formula is C8H11NO3. The highest BCUT2D eigenvalue weighted by Crippen LogP contribution is 2.13. The van der Waals surface area contributed by atoms with E-state index in [0.29, 0.717) is 17.1 Å². The average molecular weight is 169 g/mol. The molecule has 0 saturated carbocycles. The lowest BCUT2D eigenvalue weighted by Crippen LogP contribution is -1.97. The Balaban J connectivity index is 3.01. The van der Waals surface area contributed by atoms with Crippen molar-refractivity contribution in [3.63, 3.8) is 0 Å². The van der Waals surface area contributed by atoms with E-state index >= 15 is 0 Å². The normalized spacial score (nSPS) is 9.92. The molecule has 1 heterocycles. The lowest BCUT2D eigenvalue weighted by Gasteiger charge is -2.04. The topological polar surface area (TPSA) is 62.6 Å². The second-order valence-electron chi connectivity index (χ2n) is 2.31. The van der Waals surface area contributed by atoms with Gasteiger partial charge in [-0.2, -0.15) is 0 Å². The molecule has 12 heavy (non-hydrogen) atoms. The Hall–Kier alpha value is -1.13. The van der Waals surface area contributed by atoms with Crippen molar-refractivity contribution >= 4 is 0 Å². The molecule has 0 aliphatic rings. The highest BCUT2D eigenvalue weighted by Gasteiger charge is 2.00.